The zero-order chi connectivity index (χ0) is 18.6. The van der Waals surface area contributed by atoms with Crippen LogP contribution in [0.25, 0.3) is 0 Å². The van der Waals surface area contributed by atoms with Crippen molar-refractivity contribution in [3.05, 3.63) is 0 Å². The van der Waals surface area contributed by atoms with Crippen molar-refractivity contribution in [3.63, 3.8) is 0 Å². The van der Waals surface area contributed by atoms with Gasteiger partial charge in [0, 0.05) is 0 Å². The third-order valence-electron chi connectivity index (χ3n) is 6.09. The van der Waals surface area contributed by atoms with Crippen LogP contribution in [0.1, 0.15) is 143 Å². The molecular weight excluding hydrogens is 302 g/mol. The van der Waals surface area contributed by atoms with Gasteiger partial charge in [-0.25, -0.2) is 0 Å². The van der Waals surface area contributed by atoms with Gasteiger partial charge in [-0.3, -0.25) is 0 Å². The summed E-state index contributed by atoms with van der Waals surface area (Å²) in [6.07, 6.45) is 27.0. The van der Waals surface area contributed by atoms with E-state index in [-0.39, 0.29) is 0 Å². The van der Waals surface area contributed by atoms with E-state index < -0.39 is 0 Å². The largest absolute Gasteiger partial charge is 0.330 e. The molecule has 25 heavy (non-hydrogen) atoms. The molecule has 1 heteroatoms. The van der Waals surface area contributed by atoms with Crippen molar-refractivity contribution < 1.29 is 0 Å². The lowest BCUT2D eigenvalue weighted by atomic mass is 9.70. The van der Waals surface area contributed by atoms with Crippen LogP contribution in [0.15, 0.2) is 0 Å². The maximum absolute atomic E-state index is 5.67. The summed E-state index contributed by atoms with van der Waals surface area (Å²) < 4.78 is 0. The summed E-state index contributed by atoms with van der Waals surface area (Å²) in [5, 5.41) is 0. The lowest BCUT2D eigenvalue weighted by Gasteiger charge is -2.35. The van der Waals surface area contributed by atoms with Gasteiger partial charge in [-0.15, -0.1) is 0 Å². The first-order chi connectivity index (χ1) is 12.2. The first-order valence-corrected chi connectivity index (χ1v) is 11.9. The van der Waals surface area contributed by atoms with E-state index in [1.807, 2.05) is 0 Å². The number of hydrogen-bond donors (Lipinski definition) is 1. The predicted octanol–water partition coefficient (Wildman–Crippen LogP) is 8.40. The average Bonchev–Trinajstić information content (AvgIpc) is 2.62. The van der Waals surface area contributed by atoms with Crippen LogP contribution in [0.2, 0.25) is 0 Å². The third-order valence-corrected chi connectivity index (χ3v) is 6.09. The Morgan fingerprint density at radius 1 is 0.440 bits per heavy atom. The van der Waals surface area contributed by atoms with Crippen LogP contribution < -0.4 is 5.73 Å². The van der Waals surface area contributed by atoms with Gasteiger partial charge in [0.2, 0.25) is 0 Å². The summed E-state index contributed by atoms with van der Waals surface area (Å²) in [6, 6.07) is 0. The molecule has 0 atom stereocenters. The molecular formula is C24H51N. The molecule has 0 bridgehead atoms. The summed E-state index contributed by atoms with van der Waals surface area (Å²) in [6.45, 7) is 7.88. The second-order valence-electron chi connectivity index (χ2n) is 8.53. The van der Waals surface area contributed by atoms with Gasteiger partial charge < -0.3 is 5.73 Å². The number of nitrogens with two attached hydrogens (primary N) is 1. The van der Waals surface area contributed by atoms with Crippen molar-refractivity contribution in [1.82, 2.24) is 0 Å². The fourth-order valence-electron chi connectivity index (χ4n) is 4.35. The Labute approximate surface area is 160 Å². The fraction of sp³-hybridized carbons (Fsp3) is 1.00. The van der Waals surface area contributed by atoms with Gasteiger partial charge in [-0.2, -0.15) is 0 Å². The topological polar surface area (TPSA) is 26.0 Å². The molecule has 0 aromatic heterocycles. The molecule has 0 fully saturated rings. The summed E-state index contributed by atoms with van der Waals surface area (Å²) >= 11 is 0. The molecule has 0 aliphatic heterocycles. The minimum absolute atomic E-state index is 0.666. The normalized spacial score (nSPS) is 12.0. The van der Waals surface area contributed by atoms with Crippen molar-refractivity contribution in [2.45, 2.75) is 143 Å². The van der Waals surface area contributed by atoms with Crippen LogP contribution in [0.3, 0.4) is 0 Å². The highest BCUT2D eigenvalue weighted by Crippen LogP contribution is 2.42. The van der Waals surface area contributed by atoms with Crippen LogP contribution in [0.4, 0.5) is 0 Å². The first kappa shape index (κ1) is 25.0. The monoisotopic (exact) mass is 353 g/mol. The van der Waals surface area contributed by atoms with E-state index in [0.717, 1.165) is 6.54 Å². The summed E-state index contributed by atoms with van der Waals surface area (Å²) in [4.78, 5) is 0. The summed E-state index contributed by atoms with van der Waals surface area (Å²) in [5.74, 6) is 0. The lowest BCUT2D eigenvalue weighted by molar-refractivity contribution is 0.172. The quantitative estimate of drug-likeness (QED) is 0.218. The maximum atomic E-state index is 5.67. The molecule has 0 amide bonds. The van der Waals surface area contributed by atoms with Gasteiger partial charge in [0.25, 0.3) is 0 Å². The van der Waals surface area contributed by atoms with Gasteiger partial charge in [-0.1, -0.05) is 111 Å². The second kappa shape index (κ2) is 18.7. The summed E-state index contributed by atoms with van der Waals surface area (Å²) in [5.41, 5.74) is 6.33. The van der Waals surface area contributed by atoms with Crippen LogP contribution >= 0.6 is 0 Å². The Morgan fingerprint density at radius 3 is 1.16 bits per heavy atom. The van der Waals surface area contributed by atoms with Crippen LogP contribution in [-0.4, -0.2) is 6.54 Å². The molecule has 0 aliphatic rings. The molecule has 0 saturated carbocycles. The lowest BCUT2D eigenvalue weighted by Crippen LogP contribution is -2.21. The van der Waals surface area contributed by atoms with Gasteiger partial charge in [0.15, 0.2) is 0 Å². The van der Waals surface area contributed by atoms with E-state index in [1.54, 1.807) is 0 Å². The Kier molecular flexibility index (Phi) is 18.7. The second-order valence-corrected chi connectivity index (χ2v) is 8.53. The number of unbranched alkanes of at least 4 members (excludes halogenated alkanes) is 11. The van der Waals surface area contributed by atoms with E-state index in [0.29, 0.717) is 5.41 Å². The first-order valence-electron chi connectivity index (χ1n) is 11.9. The highest BCUT2D eigenvalue weighted by atomic mass is 14.5. The molecule has 0 saturated heterocycles. The minimum Gasteiger partial charge on any atom is -0.330 e. The van der Waals surface area contributed by atoms with Crippen LogP contribution in [-0.2, 0) is 0 Å². The van der Waals surface area contributed by atoms with Crippen LogP contribution in [0.5, 0.6) is 0 Å². The van der Waals surface area contributed by atoms with E-state index >= 15 is 0 Å². The van der Waals surface area contributed by atoms with Crippen molar-refractivity contribution in [2.24, 2.45) is 11.1 Å². The van der Waals surface area contributed by atoms with Crippen molar-refractivity contribution in [2.75, 3.05) is 6.54 Å². The fourth-order valence-corrected chi connectivity index (χ4v) is 4.35. The third kappa shape index (κ3) is 14.8. The Hall–Kier alpha value is -0.0400. The predicted molar refractivity (Wildman–Crippen MR) is 116 cm³/mol. The molecule has 0 aliphatic carbocycles. The molecule has 0 heterocycles. The number of rotatable bonds is 20. The Morgan fingerprint density at radius 2 is 0.760 bits per heavy atom. The standard InChI is InChI=1S/C24H51N/c1-4-7-10-15-20-24(19-14-9-6-3,21-16-11-8-5-2)22-17-12-13-18-23-25/h4-23,25H2,1-3H3. The zero-order valence-electron chi connectivity index (χ0n) is 18.2. The number of hydrogen-bond acceptors (Lipinski definition) is 1. The molecule has 2 N–H and O–H groups in total. The molecule has 0 spiro atoms. The van der Waals surface area contributed by atoms with Gasteiger partial charge >= 0.3 is 0 Å². The van der Waals surface area contributed by atoms with Crippen molar-refractivity contribution >= 4 is 0 Å². The van der Waals surface area contributed by atoms with E-state index in [2.05, 4.69) is 20.8 Å². The van der Waals surface area contributed by atoms with Gasteiger partial charge in [0.1, 0.15) is 0 Å². The smallest absolute Gasteiger partial charge is 0.00773 e. The van der Waals surface area contributed by atoms with Crippen molar-refractivity contribution in [1.29, 1.82) is 0 Å². The molecule has 0 aromatic carbocycles. The molecule has 152 valence electrons. The van der Waals surface area contributed by atoms with Crippen molar-refractivity contribution in [3.8, 4) is 0 Å². The molecule has 0 aromatic rings. The Balaban J connectivity index is 4.58. The van der Waals surface area contributed by atoms with Crippen LogP contribution in [0, 0.1) is 5.41 Å². The molecule has 0 unspecified atom stereocenters. The zero-order valence-corrected chi connectivity index (χ0v) is 18.2. The SMILES string of the molecule is CCCCCCC(CCCCC)(CCCCCC)CCCCCCN. The Bertz CT molecular complexity index is 236. The average molecular weight is 354 g/mol. The molecule has 1 nitrogen and oxygen atoms in total. The van der Waals surface area contributed by atoms with Gasteiger partial charge in [-0.05, 0) is 44.1 Å². The maximum Gasteiger partial charge on any atom is -0.00773 e. The summed E-state index contributed by atoms with van der Waals surface area (Å²) in [7, 11) is 0. The highest BCUT2D eigenvalue weighted by Gasteiger charge is 2.28. The molecule has 0 rings (SSSR count). The highest BCUT2D eigenvalue weighted by molar-refractivity contribution is 4.80. The van der Waals surface area contributed by atoms with Gasteiger partial charge in [0.05, 0.1) is 0 Å². The van der Waals surface area contributed by atoms with E-state index in [1.165, 1.54) is 122 Å². The molecule has 0 radical (unpaired) electrons. The minimum atomic E-state index is 0.666. The van der Waals surface area contributed by atoms with E-state index in [9.17, 15) is 0 Å². The van der Waals surface area contributed by atoms with E-state index in [4.69, 9.17) is 5.73 Å².